The lowest BCUT2D eigenvalue weighted by molar-refractivity contribution is 0.0787. The molecule has 0 aromatic carbocycles. The van der Waals surface area contributed by atoms with Crippen LogP contribution in [0.2, 0.25) is 0 Å². The molecule has 20 heavy (non-hydrogen) atoms. The predicted molar refractivity (Wildman–Crippen MR) is 76.9 cm³/mol. The number of anilines is 1. The highest BCUT2D eigenvalue weighted by Crippen LogP contribution is 2.14. The van der Waals surface area contributed by atoms with Crippen molar-refractivity contribution in [3.05, 3.63) is 18.0 Å². The van der Waals surface area contributed by atoms with E-state index >= 15 is 0 Å². The first-order chi connectivity index (χ1) is 9.74. The van der Waals surface area contributed by atoms with Crippen LogP contribution in [0.4, 0.5) is 5.95 Å². The number of carbonyl (C=O) groups is 1. The Morgan fingerprint density at radius 3 is 2.50 bits per heavy atom. The second-order valence-corrected chi connectivity index (χ2v) is 5.53. The second kappa shape index (κ2) is 5.75. The molecule has 0 atom stereocenters. The molecule has 2 aliphatic heterocycles. The Morgan fingerprint density at radius 2 is 1.80 bits per heavy atom. The fourth-order valence-corrected chi connectivity index (χ4v) is 2.71. The van der Waals surface area contributed by atoms with Crippen molar-refractivity contribution < 1.29 is 4.79 Å². The molecule has 2 fully saturated rings. The number of likely N-dealkylation sites (tertiary alicyclic amines) is 1. The zero-order valence-corrected chi connectivity index (χ0v) is 12.0. The van der Waals surface area contributed by atoms with Gasteiger partial charge in [-0.2, -0.15) is 0 Å². The number of likely N-dealkylation sites (N-methyl/N-ethyl adjacent to an activating group) is 1. The average Bonchev–Trinajstić information content (AvgIpc) is 3.01. The molecule has 2 aliphatic rings. The summed E-state index contributed by atoms with van der Waals surface area (Å²) in [5, 5.41) is 0. The molecule has 0 saturated carbocycles. The minimum Gasteiger partial charge on any atom is -0.338 e. The van der Waals surface area contributed by atoms with Crippen LogP contribution in [0.15, 0.2) is 12.3 Å². The van der Waals surface area contributed by atoms with Gasteiger partial charge in [-0.05, 0) is 26.0 Å². The molecule has 3 rings (SSSR count). The van der Waals surface area contributed by atoms with Gasteiger partial charge in [-0.3, -0.25) is 4.79 Å². The van der Waals surface area contributed by atoms with Crippen molar-refractivity contribution in [3.8, 4) is 0 Å². The minimum atomic E-state index is 0.0419. The largest absolute Gasteiger partial charge is 0.338 e. The Hall–Kier alpha value is -1.69. The van der Waals surface area contributed by atoms with Crippen molar-refractivity contribution in [3.63, 3.8) is 0 Å². The van der Waals surface area contributed by atoms with E-state index in [1.54, 1.807) is 12.3 Å². The van der Waals surface area contributed by atoms with Crippen LogP contribution >= 0.6 is 0 Å². The fourth-order valence-electron chi connectivity index (χ4n) is 2.71. The van der Waals surface area contributed by atoms with E-state index in [1.165, 1.54) is 0 Å². The first-order valence-electron chi connectivity index (χ1n) is 7.30. The summed E-state index contributed by atoms with van der Waals surface area (Å²) >= 11 is 0. The molecule has 0 aliphatic carbocycles. The number of piperazine rings is 1. The van der Waals surface area contributed by atoms with Crippen molar-refractivity contribution in [2.75, 3.05) is 51.2 Å². The van der Waals surface area contributed by atoms with E-state index in [0.29, 0.717) is 11.6 Å². The molecular formula is C14H21N5O. The van der Waals surface area contributed by atoms with Gasteiger partial charge < -0.3 is 14.7 Å². The molecular weight excluding hydrogens is 254 g/mol. The van der Waals surface area contributed by atoms with Crippen LogP contribution < -0.4 is 4.90 Å². The molecule has 0 bridgehead atoms. The number of carbonyl (C=O) groups excluding carboxylic acids is 1. The zero-order valence-electron chi connectivity index (χ0n) is 12.0. The Balaban J connectivity index is 1.73. The van der Waals surface area contributed by atoms with E-state index in [4.69, 9.17) is 0 Å². The van der Waals surface area contributed by atoms with E-state index in [1.807, 2.05) is 4.90 Å². The maximum absolute atomic E-state index is 12.3. The monoisotopic (exact) mass is 275 g/mol. The van der Waals surface area contributed by atoms with Crippen LogP contribution in [0, 0.1) is 0 Å². The van der Waals surface area contributed by atoms with Crippen LogP contribution in [-0.4, -0.2) is 72.0 Å². The molecule has 3 heterocycles. The van der Waals surface area contributed by atoms with Gasteiger partial charge in [0.25, 0.3) is 5.91 Å². The fraction of sp³-hybridized carbons (Fsp3) is 0.643. The van der Waals surface area contributed by atoms with Gasteiger partial charge in [-0.15, -0.1) is 0 Å². The summed E-state index contributed by atoms with van der Waals surface area (Å²) in [6.07, 6.45) is 3.90. The summed E-state index contributed by atoms with van der Waals surface area (Å²) in [6, 6.07) is 1.72. The van der Waals surface area contributed by atoms with Gasteiger partial charge in [0, 0.05) is 45.5 Å². The summed E-state index contributed by atoms with van der Waals surface area (Å²) in [5.41, 5.74) is 0.524. The van der Waals surface area contributed by atoms with Crippen LogP contribution in [0.25, 0.3) is 0 Å². The van der Waals surface area contributed by atoms with E-state index in [9.17, 15) is 4.79 Å². The molecule has 108 valence electrons. The van der Waals surface area contributed by atoms with Gasteiger partial charge in [0.1, 0.15) is 5.69 Å². The van der Waals surface area contributed by atoms with E-state index in [2.05, 4.69) is 26.8 Å². The molecule has 0 N–H and O–H groups in total. The van der Waals surface area contributed by atoms with Crippen LogP contribution in [0.3, 0.4) is 0 Å². The van der Waals surface area contributed by atoms with Crippen molar-refractivity contribution in [2.24, 2.45) is 0 Å². The number of aromatic nitrogens is 2. The summed E-state index contributed by atoms with van der Waals surface area (Å²) in [6.45, 7) is 5.55. The van der Waals surface area contributed by atoms with Crippen molar-refractivity contribution in [2.45, 2.75) is 12.8 Å². The van der Waals surface area contributed by atoms with Gasteiger partial charge in [-0.25, -0.2) is 9.97 Å². The van der Waals surface area contributed by atoms with Crippen molar-refractivity contribution >= 4 is 11.9 Å². The Bertz CT molecular complexity index is 478. The third kappa shape index (κ3) is 2.75. The third-order valence-electron chi connectivity index (χ3n) is 4.04. The Kier molecular flexibility index (Phi) is 3.82. The van der Waals surface area contributed by atoms with Gasteiger partial charge in [-0.1, -0.05) is 0 Å². The number of amides is 1. The highest BCUT2D eigenvalue weighted by atomic mass is 16.2. The summed E-state index contributed by atoms with van der Waals surface area (Å²) < 4.78 is 0. The number of hydrogen-bond acceptors (Lipinski definition) is 5. The van der Waals surface area contributed by atoms with Crippen molar-refractivity contribution in [1.29, 1.82) is 0 Å². The lowest BCUT2D eigenvalue weighted by Gasteiger charge is -2.32. The molecule has 0 spiro atoms. The Labute approximate surface area is 119 Å². The lowest BCUT2D eigenvalue weighted by Crippen LogP contribution is -2.45. The smallest absolute Gasteiger partial charge is 0.272 e. The number of nitrogens with zero attached hydrogens (tertiary/aromatic N) is 5. The molecule has 0 radical (unpaired) electrons. The second-order valence-electron chi connectivity index (χ2n) is 5.53. The summed E-state index contributed by atoms with van der Waals surface area (Å²) in [5.74, 6) is 0.725. The van der Waals surface area contributed by atoms with E-state index in [-0.39, 0.29) is 5.91 Å². The molecule has 0 unspecified atom stereocenters. The average molecular weight is 275 g/mol. The highest BCUT2D eigenvalue weighted by molar-refractivity contribution is 5.92. The highest BCUT2D eigenvalue weighted by Gasteiger charge is 2.22. The standard InChI is InChI=1S/C14H21N5O/c1-17-8-10-19(11-9-17)14-15-5-4-12(16-14)13(20)18-6-2-3-7-18/h4-5H,2-3,6-11H2,1H3. The lowest BCUT2D eigenvalue weighted by atomic mass is 10.3. The number of rotatable bonds is 2. The summed E-state index contributed by atoms with van der Waals surface area (Å²) in [7, 11) is 2.12. The Morgan fingerprint density at radius 1 is 1.10 bits per heavy atom. The number of hydrogen-bond donors (Lipinski definition) is 0. The van der Waals surface area contributed by atoms with Gasteiger partial charge in [0.2, 0.25) is 5.95 Å². The molecule has 1 amide bonds. The minimum absolute atomic E-state index is 0.0419. The zero-order chi connectivity index (χ0) is 13.9. The molecule has 2 saturated heterocycles. The van der Waals surface area contributed by atoms with Gasteiger partial charge in [0.05, 0.1) is 0 Å². The van der Waals surface area contributed by atoms with Gasteiger partial charge >= 0.3 is 0 Å². The van der Waals surface area contributed by atoms with Crippen LogP contribution in [0.1, 0.15) is 23.3 Å². The van der Waals surface area contributed by atoms with E-state index < -0.39 is 0 Å². The summed E-state index contributed by atoms with van der Waals surface area (Å²) in [4.78, 5) is 27.5. The van der Waals surface area contributed by atoms with Crippen LogP contribution in [-0.2, 0) is 0 Å². The topological polar surface area (TPSA) is 52.6 Å². The molecule has 1 aromatic rings. The normalized spacial score (nSPS) is 20.4. The molecule has 6 nitrogen and oxygen atoms in total. The molecule has 1 aromatic heterocycles. The first-order valence-corrected chi connectivity index (χ1v) is 7.30. The first kappa shape index (κ1) is 13.3. The SMILES string of the molecule is CN1CCN(c2nccc(C(=O)N3CCCC3)n2)CC1. The third-order valence-corrected chi connectivity index (χ3v) is 4.04. The quantitative estimate of drug-likeness (QED) is 0.785. The van der Waals surface area contributed by atoms with E-state index in [0.717, 1.165) is 52.1 Å². The maximum atomic E-state index is 12.3. The van der Waals surface area contributed by atoms with Crippen molar-refractivity contribution in [1.82, 2.24) is 19.8 Å². The molecule has 6 heteroatoms. The van der Waals surface area contributed by atoms with Gasteiger partial charge in [0.15, 0.2) is 0 Å². The predicted octanol–water partition coefficient (Wildman–Crippen LogP) is 0.464. The van der Waals surface area contributed by atoms with Crippen LogP contribution in [0.5, 0.6) is 0 Å². The maximum Gasteiger partial charge on any atom is 0.272 e.